The number of rotatable bonds is 8. The average Bonchev–Trinajstić information content (AvgIpc) is 3.52. The predicted molar refractivity (Wildman–Crippen MR) is 132 cm³/mol. The lowest BCUT2D eigenvalue weighted by molar-refractivity contribution is 0.0952. The monoisotopic (exact) mass is 487 g/mol. The molecule has 0 radical (unpaired) electrons. The van der Waals surface area contributed by atoms with E-state index in [2.05, 4.69) is 20.4 Å². The number of carbonyl (C=O) groups is 1. The van der Waals surface area contributed by atoms with Crippen LogP contribution in [0, 0.1) is 0 Å². The van der Waals surface area contributed by atoms with Crippen molar-refractivity contribution >= 4 is 28.5 Å². The van der Waals surface area contributed by atoms with Gasteiger partial charge >= 0.3 is 0 Å². The molecule has 10 heteroatoms. The lowest BCUT2D eigenvalue weighted by Gasteiger charge is -2.08. The topological polar surface area (TPSA) is 99.6 Å². The van der Waals surface area contributed by atoms with Crippen LogP contribution in [0.4, 0.5) is 0 Å². The Kier molecular flexibility index (Phi) is 6.40. The largest absolute Gasteiger partial charge is 0.350 e. The Morgan fingerprint density at radius 1 is 1.03 bits per heavy atom. The van der Waals surface area contributed by atoms with E-state index in [0.29, 0.717) is 47.8 Å². The van der Waals surface area contributed by atoms with Gasteiger partial charge in [-0.05, 0) is 35.4 Å². The molecule has 0 unspecified atom stereocenters. The Balaban J connectivity index is 1.20. The molecule has 176 valence electrons. The minimum Gasteiger partial charge on any atom is -0.350 e. The number of imidazole rings is 1. The van der Waals surface area contributed by atoms with E-state index in [1.54, 1.807) is 35.4 Å². The maximum absolute atomic E-state index is 12.9. The Hall–Kier alpha value is -4.24. The number of benzene rings is 2. The lowest BCUT2D eigenvalue weighted by atomic mass is 10.1. The van der Waals surface area contributed by atoms with Crippen molar-refractivity contribution < 1.29 is 4.79 Å². The molecule has 5 aromatic rings. The zero-order chi connectivity index (χ0) is 24.2. The van der Waals surface area contributed by atoms with Crippen LogP contribution >= 0.6 is 11.6 Å². The van der Waals surface area contributed by atoms with Gasteiger partial charge in [0.1, 0.15) is 11.7 Å². The first-order valence-electron chi connectivity index (χ1n) is 11.0. The molecule has 3 aromatic heterocycles. The fourth-order valence-electron chi connectivity index (χ4n) is 3.84. The molecule has 0 bridgehead atoms. The summed E-state index contributed by atoms with van der Waals surface area (Å²) in [4.78, 5) is 33.9. The molecular formula is C25H22ClN7O2. The number of nitrogens with one attached hydrogen (secondary N) is 1. The molecule has 1 amide bonds. The fraction of sp³-hybridized carbons (Fsp3) is 0.160. The van der Waals surface area contributed by atoms with Gasteiger partial charge in [0.25, 0.3) is 11.5 Å². The van der Waals surface area contributed by atoms with Crippen molar-refractivity contribution in [2.24, 2.45) is 0 Å². The van der Waals surface area contributed by atoms with Crippen molar-refractivity contribution in [1.29, 1.82) is 0 Å². The summed E-state index contributed by atoms with van der Waals surface area (Å²) in [5.41, 5.74) is 2.86. The van der Waals surface area contributed by atoms with E-state index < -0.39 is 0 Å². The van der Waals surface area contributed by atoms with E-state index in [9.17, 15) is 9.59 Å². The van der Waals surface area contributed by atoms with Crippen molar-refractivity contribution in [2.45, 2.75) is 19.6 Å². The predicted octanol–water partition coefficient (Wildman–Crippen LogP) is 2.97. The normalized spacial score (nSPS) is 11.1. The summed E-state index contributed by atoms with van der Waals surface area (Å²) in [6.45, 7) is 1.80. The van der Waals surface area contributed by atoms with Crippen molar-refractivity contribution in [3.63, 3.8) is 0 Å². The standard InChI is InChI=1S/C25H22ClN7O2/c26-21-3-1-2-19(12-21)15-32-17-29-23-22(25(32)35)13-30-33(23)11-9-28-24(34)20-6-4-18(5-7-20)14-31-10-8-27-16-31/h1-8,10,12-13,16-17H,9,11,14-15H2,(H,28,34). The van der Waals surface area contributed by atoms with E-state index in [0.717, 1.165) is 11.1 Å². The molecular weight excluding hydrogens is 466 g/mol. The van der Waals surface area contributed by atoms with Crippen molar-refractivity contribution in [3.8, 4) is 0 Å². The molecule has 0 saturated carbocycles. The number of fused-ring (bicyclic) bond motifs is 1. The third-order valence-electron chi connectivity index (χ3n) is 5.61. The van der Waals surface area contributed by atoms with E-state index in [4.69, 9.17) is 11.6 Å². The van der Waals surface area contributed by atoms with Crippen molar-refractivity contribution in [2.75, 3.05) is 6.54 Å². The SMILES string of the molecule is O=C(NCCn1ncc2c(=O)n(Cc3cccc(Cl)c3)cnc21)c1ccc(Cn2ccnc2)cc1. The van der Waals surface area contributed by atoms with Gasteiger partial charge in [0, 0.05) is 36.1 Å². The van der Waals surface area contributed by atoms with Crippen LogP contribution in [-0.2, 0) is 19.6 Å². The van der Waals surface area contributed by atoms with Crippen LogP contribution in [0.25, 0.3) is 11.0 Å². The minimum atomic E-state index is -0.180. The molecule has 0 fully saturated rings. The zero-order valence-corrected chi connectivity index (χ0v) is 19.5. The summed E-state index contributed by atoms with van der Waals surface area (Å²) in [6, 6.07) is 14.8. The van der Waals surface area contributed by atoms with Crippen LogP contribution in [0.15, 0.2) is 84.6 Å². The van der Waals surface area contributed by atoms with Gasteiger partial charge in [0.2, 0.25) is 0 Å². The fourth-order valence-corrected chi connectivity index (χ4v) is 4.05. The quantitative estimate of drug-likeness (QED) is 0.363. The molecule has 0 atom stereocenters. The Bertz CT molecular complexity index is 1520. The summed E-state index contributed by atoms with van der Waals surface area (Å²) in [6.07, 6.45) is 8.40. The van der Waals surface area contributed by atoms with Crippen LogP contribution in [0.3, 0.4) is 0 Å². The van der Waals surface area contributed by atoms with E-state index in [-0.39, 0.29) is 11.5 Å². The molecule has 5 rings (SSSR count). The van der Waals surface area contributed by atoms with E-state index in [1.165, 1.54) is 17.1 Å². The second kappa shape index (κ2) is 9.94. The van der Waals surface area contributed by atoms with Gasteiger partial charge in [0.05, 0.1) is 25.6 Å². The van der Waals surface area contributed by atoms with Crippen LogP contribution in [0.2, 0.25) is 5.02 Å². The average molecular weight is 488 g/mol. The lowest BCUT2D eigenvalue weighted by Crippen LogP contribution is -2.27. The first-order valence-corrected chi connectivity index (χ1v) is 11.4. The van der Waals surface area contributed by atoms with Crippen LogP contribution in [-0.4, -0.2) is 41.3 Å². The summed E-state index contributed by atoms with van der Waals surface area (Å²) in [7, 11) is 0. The van der Waals surface area contributed by atoms with Gasteiger partial charge in [-0.3, -0.25) is 14.2 Å². The van der Waals surface area contributed by atoms with Crippen LogP contribution < -0.4 is 10.9 Å². The van der Waals surface area contributed by atoms with Gasteiger partial charge in [-0.15, -0.1) is 0 Å². The highest BCUT2D eigenvalue weighted by Gasteiger charge is 2.11. The number of nitrogens with zero attached hydrogens (tertiary/aromatic N) is 6. The first kappa shape index (κ1) is 22.5. The number of hydrogen-bond acceptors (Lipinski definition) is 5. The summed E-state index contributed by atoms with van der Waals surface area (Å²) in [5.74, 6) is -0.174. The third kappa shape index (κ3) is 5.15. The highest BCUT2D eigenvalue weighted by molar-refractivity contribution is 6.30. The summed E-state index contributed by atoms with van der Waals surface area (Å²) >= 11 is 6.04. The summed E-state index contributed by atoms with van der Waals surface area (Å²) in [5, 5.41) is 8.23. The Labute approximate surface area is 205 Å². The van der Waals surface area contributed by atoms with Gasteiger partial charge in [-0.2, -0.15) is 5.10 Å². The Morgan fingerprint density at radius 2 is 1.89 bits per heavy atom. The molecule has 0 saturated heterocycles. The number of amides is 1. The van der Waals surface area contributed by atoms with Crippen molar-refractivity contribution in [3.05, 3.63) is 112 Å². The van der Waals surface area contributed by atoms with Gasteiger partial charge in [0.15, 0.2) is 5.65 Å². The number of carbonyl (C=O) groups excluding carboxylic acids is 1. The Morgan fingerprint density at radius 3 is 2.66 bits per heavy atom. The van der Waals surface area contributed by atoms with E-state index >= 15 is 0 Å². The van der Waals surface area contributed by atoms with Gasteiger partial charge in [-0.25, -0.2) is 14.6 Å². The van der Waals surface area contributed by atoms with Gasteiger partial charge in [-0.1, -0.05) is 35.9 Å². The molecule has 0 aliphatic carbocycles. The second-order valence-electron chi connectivity index (χ2n) is 8.10. The molecule has 0 spiro atoms. The van der Waals surface area contributed by atoms with Gasteiger partial charge < -0.3 is 9.88 Å². The maximum atomic E-state index is 12.9. The molecule has 2 aromatic carbocycles. The molecule has 35 heavy (non-hydrogen) atoms. The molecule has 9 nitrogen and oxygen atoms in total. The number of aromatic nitrogens is 6. The highest BCUT2D eigenvalue weighted by atomic mass is 35.5. The number of hydrogen-bond donors (Lipinski definition) is 1. The number of halogens is 1. The third-order valence-corrected chi connectivity index (χ3v) is 5.85. The molecule has 0 aliphatic heterocycles. The molecule has 0 aliphatic rings. The first-order chi connectivity index (χ1) is 17.1. The van der Waals surface area contributed by atoms with Crippen LogP contribution in [0.1, 0.15) is 21.5 Å². The van der Waals surface area contributed by atoms with E-state index in [1.807, 2.05) is 41.1 Å². The highest BCUT2D eigenvalue weighted by Crippen LogP contribution is 2.12. The smallest absolute Gasteiger partial charge is 0.264 e. The molecule has 1 N–H and O–H groups in total. The van der Waals surface area contributed by atoms with Crippen molar-refractivity contribution in [1.82, 2.24) is 34.2 Å². The minimum absolute atomic E-state index is 0.174. The van der Waals surface area contributed by atoms with Crippen LogP contribution in [0.5, 0.6) is 0 Å². The maximum Gasteiger partial charge on any atom is 0.264 e. The molecule has 3 heterocycles. The second-order valence-corrected chi connectivity index (χ2v) is 8.54. The summed E-state index contributed by atoms with van der Waals surface area (Å²) < 4.78 is 5.11. The zero-order valence-electron chi connectivity index (χ0n) is 18.7.